The summed E-state index contributed by atoms with van der Waals surface area (Å²) < 4.78 is 1.67. The Labute approximate surface area is 291 Å². The highest BCUT2D eigenvalue weighted by atomic mass is 16.2. The molecule has 8 heteroatoms. The average Bonchev–Trinajstić information content (AvgIpc) is 3.46. The standard InChI is InChI=1S/C41H52N4O4/c1-8-10-11-13-32(47)18-19-41-23-35(36(48)22-34-27(5)15-16-28(6)42-34)45(37(41)24-41)38(49)25-44-40-31(12-9-2)20-30(17-14-26(3)4)21-33(40)39(43-44)29(7)46/h8-9,15-16,20-21,26,35,37H,1-2,10-14,17-19,22-25H2,3-7H3/t35?,37-,41+/m1/s1. The molecule has 1 aromatic carbocycles. The van der Waals surface area contributed by atoms with Gasteiger partial charge in [-0.2, -0.15) is 5.10 Å². The van der Waals surface area contributed by atoms with E-state index in [0.29, 0.717) is 43.7 Å². The van der Waals surface area contributed by atoms with Gasteiger partial charge in [-0.1, -0.05) is 38.1 Å². The zero-order valence-corrected chi connectivity index (χ0v) is 30.0. The number of amides is 1. The predicted molar refractivity (Wildman–Crippen MR) is 194 cm³/mol. The summed E-state index contributed by atoms with van der Waals surface area (Å²) in [6.45, 7) is 17.4. The van der Waals surface area contributed by atoms with Crippen molar-refractivity contribution >= 4 is 34.2 Å². The monoisotopic (exact) mass is 664 g/mol. The number of ketones is 3. The smallest absolute Gasteiger partial charge is 0.245 e. The van der Waals surface area contributed by atoms with Crippen molar-refractivity contribution in [3.63, 3.8) is 0 Å². The van der Waals surface area contributed by atoms with Crippen LogP contribution in [0.25, 0.3) is 10.9 Å². The molecule has 8 nitrogen and oxygen atoms in total. The molecule has 3 heterocycles. The number of hydrogen-bond acceptors (Lipinski definition) is 6. The number of rotatable bonds is 18. The highest BCUT2D eigenvalue weighted by Crippen LogP contribution is 2.62. The summed E-state index contributed by atoms with van der Waals surface area (Å²) in [5.41, 5.74) is 5.51. The zero-order valence-electron chi connectivity index (χ0n) is 30.0. The molecule has 1 unspecified atom stereocenters. The Balaban J connectivity index is 1.46. The van der Waals surface area contributed by atoms with Gasteiger partial charge in [-0.05, 0) is 105 Å². The third-order valence-electron chi connectivity index (χ3n) is 10.5. The van der Waals surface area contributed by atoms with Crippen LogP contribution in [0.5, 0.6) is 0 Å². The molecule has 0 N–H and O–H groups in total. The molecule has 3 atom stereocenters. The van der Waals surface area contributed by atoms with Crippen LogP contribution in [0.1, 0.15) is 111 Å². The van der Waals surface area contributed by atoms with E-state index >= 15 is 0 Å². The highest BCUT2D eigenvalue weighted by Gasteiger charge is 2.66. The van der Waals surface area contributed by atoms with Crippen LogP contribution in [0.15, 0.2) is 49.6 Å². The fraction of sp³-hybridized carbons (Fsp3) is 0.512. The van der Waals surface area contributed by atoms with Crippen LogP contribution in [-0.2, 0) is 40.2 Å². The molecule has 5 rings (SSSR count). The number of Topliss-reactive ketones (excluding diaryl/α,β-unsaturated/α-hetero) is 3. The van der Waals surface area contributed by atoms with E-state index < -0.39 is 6.04 Å². The molecule has 0 spiro atoms. The largest absolute Gasteiger partial charge is 0.327 e. The van der Waals surface area contributed by atoms with E-state index in [0.717, 1.165) is 71.1 Å². The van der Waals surface area contributed by atoms with Gasteiger partial charge in [0.15, 0.2) is 11.6 Å². The maximum Gasteiger partial charge on any atom is 0.245 e. The lowest BCUT2D eigenvalue weighted by Crippen LogP contribution is -2.45. The molecule has 2 fully saturated rings. The number of unbranched alkanes of at least 4 members (excludes halogenated alkanes) is 1. The first-order chi connectivity index (χ1) is 23.4. The van der Waals surface area contributed by atoms with Crippen molar-refractivity contribution in [2.75, 3.05) is 0 Å². The SMILES string of the molecule is C=CCCCC(=O)CC[C@@]12CC(C(=O)Cc3nc(C)ccc3C)N(C(=O)Cn3nc(C(C)=O)c4cc(CCC(C)C)cc(CC=C)c43)[C@@H]1C2. The van der Waals surface area contributed by atoms with Gasteiger partial charge in [0, 0.05) is 36.9 Å². The third-order valence-corrected chi connectivity index (χ3v) is 10.5. The molecule has 1 saturated carbocycles. The van der Waals surface area contributed by atoms with E-state index in [1.54, 1.807) is 9.58 Å². The van der Waals surface area contributed by atoms with E-state index in [1.807, 2.05) is 44.2 Å². The number of nitrogens with zero attached hydrogens (tertiary/aromatic N) is 4. The van der Waals surface area contributed by atoms with Gasteiger partial charge < -0.3 is 4.90 Å². The molecule has 49 heavy (non-hydrogen) atoms. The first-order valence-corrected chi connectivity index (χ1v) is 17.9. The second kappa shape index (κ2) is 15.1. The van der Waals surface area contributed by atoms with Crippen molar-refractivity contribution in [3.8, 4) is 0 Å². The molecule has 3 aromatic rings. The van der Waals surface area contributed by atoms with Crippen molar-refractivity contribution < 1.29 is 19.2 Å². The van der Waals surface area contributed by atoms with Crippen LogP contribution in [-0.4, -0.2) is 55.0 Å². The summed E-state index contributed by atoms with van der Waals surface area (Å²) in [7, 11) is 0. The molecular formula is C41H52N4O4. The van der Waals surface area contributed by atoms with Gasteiger partial charge in [0.05, 0.1) is 23.7 Å². The maximum absolute atomic E-state index is 14.4. The van der Waals surface area contributed by atoms with Gasteiger partial charge in [-0.3, -0.25) is 28.8 Å². The number of carbonyl (C=O) groups is 4. The minimum absolute atomic E-state index is 0.0321. The first-order valence-electron chi connectivity index (χ1n) is 17.9. The maximum atomic E-state index is 14.4. The molecule has 2 aliphatic rings. The normalized spacial score (nSPS) is 19.7. The van der Waals surface area contributed by atoms with Gasteiger partial charge in [0.2, 0.25) is 5.91 Å². The van der Waals surface area contributed by atoms with Crippen molar-refractivity contribution in [2.45, 2.75) is 124 Å². The number of likely N-dealkylation sites (tertiary alicyclic amines) is 1. The minimum Gasteiger partial charge on any atom is -0.327 e. The number of pyridine rings is 1. The zero-order chi connectivity index (χ0) is 35.5. The van der Waals surface area contributed by atoms with Crippen LogP contribution in [0, 0.1) is 25.2 Å². The number of piperidine rings is 1. The molecule has 260 valence electrons. The Hall–Kier alpha value is -4.20. The summed E-state index contributed by atoms with van der Waals surface area (Å²) in [6, 6.07) is 7.40. The van der Waals surface area contributed by atoms with E-state index in [4.69, 9.17) is 5.10 Å². The number of hydrogen-bond donors (Lipinski definition) is 0. The number of fused-ring (bicyclic) bond motifs is 2. The quantitative estimate of drug-likeness (QED) is 0.0796. The van der Waals surface area contributed by atoms with Crippen LogP contribution in [0.4, 0.5) is 0 Å². The fourth-order valence-electron chi connectivity index (χ4n) is 7.69. The number of benzene rings is 1. The van der Waals surface area contributed by atoms with Crippen LogP contribution >= 0.6 is 0 Å². The molecule has 1 amide bonds. The number of allylic oxidation sites excluding steroid dienone is 2. The lowest BCUT2D eigenvalue weighted by atomic mass is 9.90. The molecule has 0 bridgehead atoms. The Morgan fingerprint density at radius 2 is 1.84 bits per heavy atom. The Morgan fingerprint density at radius 3 is 2.53 bits per heavy atom. The third kappa shape index (κ3) is 8.00. The van der Waals surface area contributed by atoms with E-state index in [-0.39, 0.29) is 47.7 Å². The molecule has 1 aliphatic carbocycles. The lowest BCUT2D eigenvalue weighted by Gasteiger charge is -2.27. The van der Waals surface area contributed by atoms with Crippen molar-refractivity contribution in [2.24, 2.45) is 11.3 Å². The van der Waals surface area contributed by atoms with Crippen LogP contribution in [0.3, 0.4) is 0 Å². The molecule has 2 aromatic heterocycles. The second-order valence-electron chi connectivity index (χ2n) is 14.8. The van der Waals surface area contributed by atoms with Crippen molar-refractivity contribution in [3.05, 3.63) is 83.3 Å². The van der Waals surface area contributed by atoms with E-state index in [9.17, 15) is 19.2 Å². The van der Waals surface area contributed by atoms with E-state index in [1.165, 1.54) is 6.92 Å². The summed E-state index contributed by atoms with van der Waals surface area (Å²) in [6.07, 6.45) is 10.9. The van der Waals surface area contributed by atoms with Gasteiger partial charge >= 0.3 is 0 Å². The van der Waals surface area contributed by atoms with Gasteiger partial charge in [0.1, 0.15) is 18.0 Å². The van der Waals surface area contributed by atoms with Crippen LogP contribution < -0.4 is 0 Å². The van der Waals surface area contributed by atoms with E-state index in [2.05, 4.69) is 38.1 Å². The number of aryl methyl sites for hydroxylation is 3. The highest BCUT2D eigenvalue weighted by molar-refractivity contribution is 6.06. The summed E-state index contributed by atoms with van der Waals surface area (Å²) in [4.78, 5) is 60.6. The topological polar surface area (TPSA) is 102 Å². The fourth-order valence-corrected chi connectivity index (χ4v) is 7.69. The molecule has 1 saturated heterocycles. The molecular weight excluding hydrogens is 612 g/mol. The summed E-state index contributed by atoms with van der Waals surface area (Å²) in [5, 5.41) is 5.48. The Morgan fingerprint density at radius 1 is 1.06 bits per heavy atom. The van der Waals surface area contributed by atoms with Gasteiger partial charge in [0.25, 0.3) is 0 Å². The van der Waals surface area contributed by atoms with Crippen LogP contribution in [0.2, 0.25) is 0 Å². The Kier molecular flexibility index (Phi) is 11.2. The summed E-state index contributed by atoms with van der Waals surface area (Å²) >= 11 is 0. The van der Waals surface area contributed by atoms with Gasteiger partial charge in [-0.15, -0.1) is 13.2 Å². The minimum atomic E-state index is -0.604. The predicted octanol–water partition coefficient (Wildman–Crippen LogP) is 7.44. The van der Waals surface area contributed by atoms with Crippen molar-refractivity contribution in [1.29, 1.82) is 0 Å². The van der Waals surface area contributed by atoms with Crippen molar-refractivity contribution in [1.82, 2.24) is 19.7 Å². The Bertz CT molecular complexity index is 1790. The second-order valence-corrected chi connectivity index (χ2v) is 14.8. The number of carbonyl (C=O) groups excluding carboxylic acids is 4. The molecule has 0 radical (unpaired) electrons. The first kappa shape index (κ1) is 36.1. The summed E-state index contributed by atoms with van der Waals surface area (Å²) in [5.74, 6) is 0.377. The molecule has 1 aliphatic heterocycles. The number of aromatic nitrogens is 3. The lowest BCUT2D eigenvalue weighted by molar-refractivity contribution is -0.139. The van der Waals surface area contributed by atoms with Gasteiger partial charge in [-0.25, -0.2) is 0 Å². The average molecular weight is 665 g/mol.